The van der Waals surface area contributed by atoms with E-state index < -0.39 is 5.82 Å². The summed E-state index contributed by atoms with van der Waals surface area (Å²) >= 11 is 6.66. The van der Waals surface area contributed by atoms with Crippen LogP contribution in [0, 0.1) is 11.2 Å². The predicted octanol–water partition coefficient (Wildman–Crippen LogP) is 4.52. The lowest BCUT2D eigenvalue weighted by Crippen LogP contribution is -2.38. The lowest BCUT2D eigenvalue weighted by atomic mass is 9.84. The van der Waals surface area contributed by atoms with Crippen LogP contribution in [0.3, 0.4) is 0 Å². The number of benzene rings is 1. The largest absolute Gasteiger partial charge is 0.351 e. The van der Waals surface area contributed by atoms with Gasteiger partial charge in [-0.25, -0.2) is 4.39 Å². The molecule has 1 N–H and O–H groups in total. The molecule has 2 nitrogen and oxygen atoms in total. The molecule has 0 aromatic heterocycles. The quantitative estimate of drug-likeness (QED) is 0.706. The Balaban J connectivity index is 2.75. The number of nitrogens with one attached hydrogen (secondary N) is 1. The summed E-state index contributed by atoms with van der Waals surface area (Å²) in [5.74, 6) is -0.874. The number of amides is 1. The molecule has 0 spiro atoms. The number of carbonyl (C=O) groups excluding carboxylic acids is 1. The first-order valence-corrected chi connectivity index (χ1v) is 8.18. The highest BCUT2D eigenvalue weighted by Crippen LogP contribution is 2.28. The number of alkyl halides is 1. The molecule has 19 heavy (non-hydrogen) atoms. The fourth-order valence-corrected chi connectivity index (χ4v) is 3.10. The highest BCUT2D eigenvalue weighted by atomic mass is 79.9. The van der Waals surface area contributed by atoms with E-state index in [1.54, 1.807) is 6.07 Å². The molecular formula is C14H18Br2FNO. The molecule has 0 unspecified atom stereocenters. The van der Waals surface area contributed by atoms with Crippen LogP contribution < -0.4 is 5.32 Å². The second-order valence-corrected chi connectivity index (χ2v) is 6.12. The molecule has 0 aliphatic heterocycles. The minimum Gasteiger partial charge on any atom is -0.351 e. The highest BCUT2D eigenvalue weighted by molar-refractivity contribution is 9.10. The molecule has 0 saturated heterocycles. The summed E-state index contributed by atoms with van der Waals surface area (Å²) in [6.45, 7) is 4.73. The molecule has 0 radical (unpaired) electrons. The third-order valence-electron chi connectivity index (χ3n) is 3.58. The van der Waals surface area contributed by atoms with Gasteiger partial charge in [0.2, 0.25) is 0 Å². The van der Waals surface area contributed by atoms with Gasteiger partial charge in [-0.1, -0.05) is 45.7 Å². The molecule has 0 fully saturated rings. The Bertz CT molecular complexity index is 439. The van der Waals surface area contributed by atoms with E-state index in [1.165, 1.54) is 12.1 Å². The smallest absolute Gasteiger partial charge is 0.254 e. The fraction of sp³-hybridized carbons (Fsp3) is 0.500. The second-order valence-electron chi connectivity index (χ2n) is 4.65. The van der Waals surface area contributed by atoms with Crippen LogP contribution >= 0.6 is 31.9 Å². The minimum atomic E-state index is -0.510. The van der Waals surface area contributed by atoms with Gasteiger partial charge in [-0.05, 0) is 36.5 Å². The SMILES string of the molecule is CCC(CC)(CBr)CNC(=O)c1ccc(Br)cc1F. The first-order chi connectivity index (χ1) is 8.98. The number of carbonyl (C=O) groups is 1. The van der Waals surface area contributed by atoms with Gasteiger partial charge in [-0.15, -0.1) is 0 Å². The molecule has 1 aromatic carbocycles. The maximum absolute atomic E-state index is 13.7. The van der Waals surface area contributed by atoms with Crippen LogP contribution in [0.1, 0.15) is 37.0 Å². The van der Waals surface area contributed by atoms with Crippen molar-refractivity contribution >= 4 is 37.8 Å². The maximum atomic E-state index is 13.7. The summed E-state index contributed by atoms with van der Waals surface area (Å²) in [5.41, 5.74) is 0.112. The topological polar surface area (TPSA) is 29.1 Å². The third kappa shape index (κ3) is 4.28. The van der Waals surface area contributed by atoms with Gasteiger partial charge in [0, 0.05) is 16.3 Å². The van der Waals surface area contributed by atoms with E-state index in [0.717, 1.165) is 18.2 Å². The van der Waals surface area contributed by atoms with Gasteiger partial charge in [0.25, 0.3) is 5.91 Å². The van der Waals surface area contributed by atoms with Crippen molar-refractivity contribution in [1.29, 1.82) is 0 Å². The predicted molar refractivity (Wildman–Crippen MR) is 83.2 cm³/mol. The first-order valence-electron chi connectivity index (χ1n) is 6.27. The molecule has 0 bridgehead atoms. The zero-order valence-electron chi connectivity index (χ0n) is 11.1. The molecule has 0 aliphatic rings. The number of halogens is 3. The Morgan fingerprint density at radius 2 is 2.00 bits per heavy atom. The van der Waals surface area contributed by atoms with Crippen molar-refractivity contribution in [1.82, 2.24) is 5.32 Å². The van der Waals surface area contributed by atoms with Crippen molar-refractivity contribution in [3.05, 3.63) is 34.1 Å². The summed E-state index contributed by atoms with van der Waals surface area (Å²) in [7, 11) is 0. The summed E-state index contributed by atoms with van der Waals surface area (Å²) in [5, 5.41) is 3.64. The van der Waals surface area contributed by atoms with E-state index >= 15 is 0 Å². The van der Waals surface area contributed by atoms with Gasteiger partial charge >= 0.3 is 0 Å². The molecule has 5 heteroatoms. The normalized spacial score (nSPS) is 11.4. The van der Waals surface area contributed by atoms with Gasteiger partial charge in [0.1, 0.15) is 5.82 Å². The lowest BCUT2D eigenvalue weighted by Gasteiger charge is -2.29. The van der Waals surface area contributed by atoms with Gasteiger partial charge in [-0.2, -0.15) is 0 Å². The summed E-state index contributed by atoms with van der Waals surface area (Å²) in [6, 6.07) is 4.45. The zero-order valence-corrected chi connectivity index (χ0v) is 14.3. The molecular weight excluding hydrogens is 377 g/mol. The van der Waals surface area contributed by atoms with Crippen molar-refractivity contribution in [2.45, 2.75) is 26.7 Å². The molecule has 0 atom stereocenters. The van der Waals surface area contributed by atoms with Crippen molar-refractivity contribution in [3.63, 3.8) is 0 Å². The zero-order chi connectivity index (χ0) is 14.5. The fourth-order valence-electron chi connectivity index (χ4n) is 1.77. The number of rotatable bonds is 6. The van der Waals surface area contributed by atoms with Gasteiger partial charge in [0.05, 0.1) is 5.56 Å². The summed E-state index contributed by atoms with van der Waals surface area (Å²) in [6.07, 6.45) is 1.91. The Morgan fingerprint density at radius 3 is 2.47 bits per heavy atom. The molecule has 1 rings (SSSR count). The molecule has 106 valence electrons. The van der Waals surface area contributed by atoms with E-state index in [9.17, 15) is 9.18 Å². The van der Waals surface area contributed by atoms with Gasteiger partial charge in [-0.3, -0.25) is 4.79 Å². The molecule has 0 saturated carbocycles. The number of hydrogen-bond acceptors (Lipinski definition) is 1. The Kier molecular flexibility index (Phi) is 6.47. The average molecular weight is 395 g/mol. The van der Waals surface area contributed by atoms with Crippen molar-refractivity contribution in [2.24, 2.45) is 5.41 Å². The average Bonchev–Trinajstić information content (AvgIpc) is 2.40. The lowest BCUT2D eigenvalue weighted by molar-refractivity contribution is 0.0928. The van der Waals surface area contributed by atoms with Gasteiger partial charge in [0.15, 0.2) is 0 Å². The molecule has 1 aromatic rings. The molecule has 1 amide bonds. The van der Waals surface area contributed by atoms with E-state index in [-0.39, 0.29) is 16.9 Å². The van der Waals surface area contributed by atoms with Crippen molar-refractivity contribution < 1.29 is 9.18 Å². The Hall–Kier alpha value is -0.420. The van der Waals surface area contributed by atoms with Crippen molar-refractivity contribution in [2.75, 3.05) is 11.9 Å². The number of hydrogen-bond donors (Lipinski definition) is 1. The first kappa shape index (κ1) is 16.6. The Labute approximate surface area is 130 Å². The van der Waals surface area contributed by atoms with Crippen molar-refractivity contribution in [3.8, 4) is 0 Å². The van der Waals surface area contributed by atoms with E-state index in [1.807, 2.05) is 0 Å². The summed E-state index contributed by atoms with van der Waals surface area (Å²) < 4.78 is 14.3. The van der Waals surface area contributed by atoms with Crippen LogP contribution in [0.25, 0.3) is 0 Å². The van der Waals surface area contributed by atoms with E-state index in [2.05, 4.69) is 51.0 Å². The van der Waals surface area contributed by atoms with Crippen LogP contribution in [-0.2, 0) is 0 Å². The van der Waals surface area contributed by atoms with Crippen LogP contribution in [0.5, 0.6) is 0 Å². The minimum absolute atomic E-state index is 0.0293. The van der Waals surface area contributed by atoms with E-state index in [0.29, 0.717) is 11.0 Å². The van der Waals surface area contributed by atoms with Gasteiger partial charge < -0.3 is 5.32 Å². The van der Waals surface area contributed by atoms with E-state index in [4.69, 9.17) is 0 Å². The molecule has 0 aliphatic carbocycles. The van der Waals surface area contributed by atoms with Crippen LogP contribution in [0.15, 0.2) is 22.7 Å². The van der Waals surface area contributed by atoms with Crippen LogP contribution in [0.2, 0.25) is 0 Å². The Morgan fingerprint density at radius 1 is 1.37 bits per heavy atom. The summed E-state index contributed by atoms with van der Waals surface area (Å²) in [4.78, 5) is 12.0. The third-order valence-corrected chi connectivity index (χ3v) is 5.27. The molecule has 0 heterocycles. The second kappa shape index (κ2) is 7.39. The highest BCUT2D eigenvalue weighted by Gasteiger charge is 2.26. The van der Waals surface area contributed by atoms with Crippen LogP contribution in [-0.4, -0.2) is 17.8 Å². The monoisotopic (exact) mass is 393 g/mol. The van der Waals surface area contributed by atoms with Crippen LogP contribution in [0.4, 0.5) is 4.39 Å². The maximum Gasteiger partial charge on any atom is 0.254 e. The standard InChI is InChI=1S/C14H18Br2FNO/c1-3-14(4-2,8-15)9-18-13(19)11-6-5-10(16)7-12(11)17/h5-7H,3-4,8-9H2,1-2H3,(H,18,19).